The molecule has 3 aliphatic rings. The molecule has 0 saturated carbocycles. The van der Waals surface area contributed by atoms with Crippen LogP contribution in [0.5, 0.6) is 11.5 Å². The third-order valence-electron chi connectivity index (χ3n) is 6.80. The Morgan fingerprint density at radius 3 is 2.89 bits per heavy atom. The lowest BCUT2D eigenvalue weighted by Crippen LogP contribution is -2.35. The minimum atomic E-state index is -0.336. The van der Waals surface area contributed by atoms with Crippen LogP contribution in [0.1, 0.15) is 39.7 Å². The summed E-state index contributed by atoms with van der Waals surface area (Å²) in [5.74, 6) is 1.30. The normalized spacial score (nSPS) is 17.9. The Hall–Kier alpha value is -3.92. The van der Waals surface area contributed by atoms with Crippen LogP contribution in [-0.4, -0.2) is 39.7 Å². The summed E-state index contributed by atoms with van der Waals surface area (Å²) in [4.78, 5) is 38.8. The smallest absolute Gasteiger partial charge is 0.257 e. The first-order chi connectivity index (χ1) is 17.2. The highest BCUT2D eigenvalue weighted by Gasteiger charge is 2.37. The number of para-hydroxylation sites is 2. The number of hydrogen-bond acceptors (Lipinski definition) is 7. The number of rotatable bonds is 3. The molecule has 4 heterocycles. The summed E-state index contributed by atoms with van der Waals surface area (Å²) in [6.45, 7) is 1.49. The van der Waals surface area contributed by atoms with Crippen LogP contribution in [0.2, 0.25) is 0 Å². The average Bonchev–Trinajstić information content (AvgIpc) is 3.65. The van der Waals surface area contributed by atoms with Gasteiger partial charge in [0.1, 0.15) is 0 Å². The van der Waals surface area contributed by atoms with E-state index in [-0.39, 0.29) is 24.5 Å². The molecule has 0 fully saturated rings. The summed E-state index contributed by atoms with van der Waals surface area (Å²) in [6, 6.07) is 13.0. The van der Waals surface area contributed by atoms with Crippen molar-refractivity contribution in [1.82, 2.24) is 14.5 Å². The second-order valence-electron chi connectivity index (χ2n) is 8.84. The van der Waals surface area contributed by atoms with Gasteiger partial charge in [-0.1, -0.05) is 12.1 Å². The Morgan fingerprint density at radius 1 is 1.06 bits per heavy atom. The topological polar surface area (TPSA) is 98.6 Å². The van der Waals surface area contributed by atoms with Gasteiger partial charge >= 0.3 is 0 Å². The summed E-state index contributed by atoms with van der Waals surface area (Å²) in [7, 11) is 0. The van der Waals surface area contributed by atoms with Gasteiger partial charge in [0.25, 0.3) is 5.91 Å². The number of ether oxygens (including phenoxy) is 2. The third-order valence-corrected chi connectivity index (χ3v) is 7.84. The van der Waals surface area contributed by atoms with Crippen molar-refractivity contribution in [3.8, 4) is 11.5 Å². The van der Waals surface area contributed by atoms with Gasteiger partial charge in [-0.2, -0.15) is 0 Å². The van der Waals surface area contributed by atoms with E-state index in [0.29, 0.717) is 34.7 Å². The number of carbonyl (C=O) groups is 2. The van der Waals surface area contributed by atoms with E-state index >= 15 is 0 Å². The first kappa shape index (κ1) is 20.5. The molecule has 2 aromatic carbocycles. The molecular weight excluding hydrogens is 466 g/mol. The summed E-state index contributed by atoms with van der Waals surface area (Å²) in [5, 5.41) is 3.41. The lowest BCUT2D eigenvalue weighted by Gasteiger charge is -2.24. The van der Waals surface area contributed by atoms with Crippen LogP contribution < -0.4 is 19.7 Å². The van der Waals surface area contributed by atoms with Crippen molar-refractivity contribution < 1.29 is 19.1 Å². The average molecular weight is 488 g/mol. The minimum absolute atomic E-state index is 0.0268. The van der Waals surface area contributed by atoms with Gasteiger partial charge < -0.3 is 14.0 Å². The molecule has 9 nitrogen and oxygen atoms in total. The maximum Gasteiger partial charge on any atom is 0.257 e. The molecule has 1 unspecified atom stereocenters. The maximum atomic E-state index is 13.7. The van der Waals surface area contributed by atoms with Crippen LogP contribution in [0.15, 0.2) is 42.5 Å². The van der Waals surface area contributed by atoms with Gasteiger partial charge in [-0.25, -0.2) is 9.97 Å². The largest absolute Gasteiger partial charge is 0.454 e. The van der Waals surface area contributed by atoms with Gasteiger partial charge in [0, 0.05) is 23.5 Å². The highest BCUT2D eigenvalue weighted by atomic mass is 32.1. The Labute approximate surface area is 204 Å². The van der Waals surface area contributed by atoms with Crippen LogP contribution in [-0.2, 0) is 17.8 Å². The Morgan fingerprint density at radius 2 is 1.94 bits per heavy atom. The van der Waals surface area contributed by atoms with Gasteiger partial charge in [-0.15, -0.1) is 11.3 Å². The van der Waals surface area contributed by atoms with E-state index in [2.05, 4.69) is 9.88 Å². The van der Waals surface area contributed by atoms with Crippen LogP contribution in [0.25, 0.3) is 11.0 Å². The number of fused-ring (bicyclic) bond motifs is 5. The summed E-state index contributed by atoms with van der Waals surface area (Å²) in [5.41, 5.74) is 3.18. The number of hydrogen-bond donors (Lipinski definition) is 1. The van der Waals surface area contributed by atoms with E-state index in [1.807, 2.05) is 24.3 Å². The zero-order valence-electron chi connectivity index (χ0n) is 18.7. The van der Waals surface area contributed by atoms with Crippen LogP contribution in [0, 0.1) is 0 Å². The Kier molecular flexibility index (Phi) is 4.56. The molecule has 1 aliphatic carbocycles. The van der Waals surface area contributed by atoms with Gasteiger partial charge in [-0.05, 0) is 49.6 Å². The summed E-state index contributed by atoms with van der Waals surface area (Å²) >= 11 is 1.45. The molecule has 0 bridgehead atoms. The fourth-order valence-corrected chi connectivity index (χ4v) is 6.17. The van der Waals surface area contributed by atoms with Crippen molar-refractivity contribution in [2.45, 2.75) is 31.7 Å². The predicted molar refractivity (Wildman–Crippen MR) is 130 cm³/mol. The van der Waals surface area contributed by atoms with Crippen molar-refractivity contribution in [3.63, 3.8) is 0 Å². The van der Waals surface area contributed by atoms with E-state index in [1.54, 1.807) is 23.1 Å². The van der Waals surface area contributed by atoms with E-state index in [9.17, 15) is 9.59 Å². The number of nitrogens with zero attached hydrogens (tertiary/aromatic N) is 4. The predicted octanol–water partition coefficient (Wildman–Crippen LogP) is 3.94. The first-order valence-electron chi connectivity index (χ1n) is 11.6. The van der Waals surface area contributed by atoms with Crippen LogP contribution in [0.3, 0.4) is 0 Å². The van der Waals surface area contributed by atoms with E-state index in [1.165, 1.54) is 11.3 Å². The molecule has 2 aromatic heterocycles. The maximum absolute atomic E-state index is 13.7. The second-order valence-corrected chi connectivity index (χ2v) is 9.92. The molecule has 2 amide bonds. The highest BCUT2D eigenvalue weighted by Crippen LogP contribution is 2.40. The zero-order chi connectivity index (χ0) is 23.5. The molecule has 1 atom stereocenters. The number of thiazole rings is 1. The Bertz CT molecular complexity index is 1510. The first-order valence-corrected chi connectivity index (χ1v) is 12.4. The molecule has 0 radical (unpaired) electrons. The number of carbonyl (C=O) groups excluding carboxylic acids is 2. The SMILES string of the molecule is O=C(Nc1nc2c(s1)CCCC2C(=O)N1CCn2c1nc1ccccc12)c1ccc2c(c1)OCO2. The molecular formula is C25H21N5O4S. The molecule has 7 rings (SSSR count). The van der Waals surface area contributed by atoms with E-state index in [4.69, 9.17) is 19.4 Å². The summed E-state index contributed by atoms with van der Waals surface area (Å²) in [6.07, 6.45) is 2.50. The number of nitrogens with one attached hydrogen (secondary N) is 1. The number of amides is 2. The number of benzene rings is 2. The quantitative estimate of drug-likeness (QED) is 0.470. The van der Waals surface area contributed by atoms with Crippen molar-refractivity contribution in [1.29, 1.82) is 0 Å². The zero-order valence-corrected chi connectivity index (χ0v) is 19.5. The second kappa shape index (κ2) is 7.81. The minimum Gasteiger partial charge on any atom is -0.454 e. The molecule has 2 aliphatic heterocycles. The van der Waals surface area contributed by atoms with Crippen molar-refractivity contribution >= 4 is 45.3 Å². The standard InChI is InChI=1S/C25H21N5O4S/c31-22(14-8-9-18-19(12-14)34-13-33-18)28-24-27-21-15(4-3-7-20(21)35-24)23(32)30-11-10-29-17-6-2-1-5-16(17)26-25(29)30/h1-2,5-6,8-9,12,15H,3-4,7,10-11,13H2,(H,27,28,31). The molecule has 10 heteroatoms. The van der Waals surface area contributed by atoms with Crippen molar-refractivity contribution in [2.75, 3.05) is 23.6 Å². The fourth-order valence-electron chi connectivity index (χ4n) is 5.11. The monoisotopic (exact) mass is 487 g/mol. The molecule has 1 N–H and O–H groups in total. The molecule has 0 saturated heterocycles. The lowest BCUT2D eigenvalue weighted by molar-refractivity contribution is -0.120. The van der Waals surface area contributed by atoms with Gasteiger partial charge in [-0.3, -0.25) is 19.8 Å². The van der Waals surface area contributed by atoms with Gasteiger partial charge in [0.2, 0.25) is 18.6 Å². The van der Waals surface area contributed by atoms with Gasteiger partial charge in [0.05, 0.1) is 22.6 Å². The highest BCUT2D eigenvalue weighted by molar-refractivity contribution is 7.16. The Balaban J connectivity index is 1.14. The van der Waals surface area contributed by atoms with Crippen LogP contribution >= 0.6 is 11.3 Å². The van der Waals surface area contributed by atoms with Crippen LogP contribution in [0.4, 0.5) is 11.1 Å². The molecule has 4 aromatic rings. The molecule has 176 valence electrons. The van der Waals surface area contributed by atoms with E-state index < -0.39 is 0 Å². The third kappa shape index (κ3) is 3.28. The number of imidazole rings is 1. The fraction of sp³-hybridized carbons (Fsp3) is 0.280. The number of anilines is 2. The molecule has 35 heavy (non-hydrogen) atoms. The van der Waals surface area contributed by atoms with Crippen molar-refractivity contribution in [3.05, 3.63) is 58.6 Å². The van der Waals surface area contributed by atoms with Crippen molar-refractivity contribution in [2.24, 2.45) is 0 Å². The number of aryl methyl sites for hydroxylation is 1. The molecule has 0 spiro atoms. The van der Waals surface area contributed by atoms with Gasteiger partial charge in [0.15, 0.2) is 16.6 Å². The van der Waals surface area contributed by atoms with E-state index in [0.717, 1.165) is 47.4 Å². The number of aromatic nitrogens is 3. The lowest BCUT2D eigenvalue weighted by atomic mass is 9.90. The summed E-state index contributed by atoms with van der Waals surface area (Å²) < 4.78 is 12.8.